The van der Waals surface area contributed by atoms with E-state index >= 15 is 0 Å². The molecule has 0 spiro atoms. The lowest BCUT2D eigenvalue weighted by molar-refractivity contribution is -0.162. The van der Waals surface area contributed by atoms with Gasteiger partial charge in [0.1, 0.15) is 0 Å². The minimum Gasteiger partial charge on any atom is -0.466 e. The van der Waals surface area contributed by atoms with Gasteiger partial charge in [-0.1, -0.05) is 6.08 Å². The Morgan fingerprint density at radius 3 is 2.94 bits per heavy atom. The van der Waals surface area contributed by atoms with Crippen LogP contribution in [0.15, 0.2) is 11.6 Å². The Labute approximate surface area is 113 Å². The van der Waals surface area contributed by atoms with Crippen LogP contribution in [0.4, 0.5) is 0 Å². The van der Waals surface area contributed by atoms with Crippen LogP contribution in [-0.2, 0) is 19.0 Å². The minimum atomic E-state index is -0.360. The molecule has 1 aliphatic heterocycles. The fourth-order valence-electron chi connectivity index (χ4n) is 1.74. The number of unbranched alkanes of at least 4 members (excludes halogenated alkanes) is 1. The second-order valence-electron chi connectivity index (χ2n) is 4.16. The second-order valence-corrected chi connectivity index (χ2v) is 4.43. The minimum absolute atomic E-state index is 0.0455. The van der Waals surface area contributed by atoms with E-state index in [1.165, 1.54) is 13.5 Å². The van der Waals surface area contributed by atoms with E-state index in [-0.39, 0.29) is 18.1 Å². The molecule has 0 aromatic heterocycles. The molecular formula is C13H21ClO4. The summed E-state index contributed by atoms with van der Waals surface area (Å²) in [6.07, 6.45) is 6.64. The summed E-state index contributed by atoms with van der Waals surface area (Å²) in [6.45, 7) is 1.43. The van der Waals surface area contributed by atoms with Gasteiger partial charge in [0, 0.05) is 12.2 Å². The number of halogens is 1. The highest BCUT2D eigenvalue weighted by molar-refractivity contribution is 6.22. The van der Waals surface area contributed by atoms with Crippen LogP contribution < -0.4 is 0 Å². The van der Waals surface area contributed by atoms with Crippen LogP contribution in [0.5, 0.6) is 0 Å². The van der Waals surface area contributed by atoms with Crippen molar-refractivity contribution < 1.29 is 19.0 Å². The molecule has 0 aromatic carbocycles. The normalized spacial score (nSPS) is 20.8. The molecule has 5 heteroatoms. The summed E-state index contributed by atoms with van der Waals surface area (Å²) >= 11 is 5.66. The molecule has 1 atom stereocenters. The number of ether oxygens (including phenoxy) is 3. The lowest BCUT2D eigenvalue weighted by Gasteiger charge is -2.22. The van der Waals surface area contributed by atoms with Crippen molar-refractivity contribution in [3.8, 4) is 0 Å². The third kappa shape index (κ3) is 5.85. The Bertz CT molecular complexity index is 272. The predicted molar refractivity (Wildman–Crippen MR) is 69.6 cm³/mol. The number of methoxy groups -OCH3 is 1. The summed E-state index contributed by atoms with van der Waals surface area (Å²) in [5.41, 5.74) is 0.507. The number of allylic oxidation sites excluding steroid dienone is 1. The zero-order valence-electron chi connectivity index (χ0n) is 10.8. The number of rotatable bonds is 7. The van der Waals surface area contributed by atoms with Gasteiger partial charge in [0.25, 0.3) is 0 Å². The van der Waals surface area contributed by atoms with Gasteiger partial charge in [-0.2, -0.15) is 0 Å². The molecular weight excluding hydrogens is 256 g/mol. The van der Waals surface area contributed by atoms with Gasteiger partial charge in [0.15, 0.2) is 6.29 Å². The number of carbonyl (C=O) groups is 1. The lowest BCUT2D eigenvalue weighted by Crippen LogP contribution is -2.22. The molecule has 1 rings (SSSR count). The monoisotopic (exact) mass is 276 g/mol. The smallest absolute Gasteiger partial charge is 0.334 e. The molecule has 104 valence electrons. The number of hydrogen-bond acceptors (Lipinski definition) is 4. The summed E-state index contributed by atoms with van der Waals surface area (Å²) in [5, 5.41) is 0. The van der Waals surface area contributed by atoms with Gasteiger partial charge >= 0.3 is 5.97 Å². The largest absolute Gasteiger partial charge is 0.466 e. The van der Waals surface area contributed by atoms with Crippen LogP contribution in [0.25, 0.3) is 0 Å². The van der Waals surface area contributed by atoms with Crippen molar-refractivity contribution in [3.05, 3.63) is 11.6 Å². The van der Waals surface area contributed by atoms with E-state index in [0.717, 1.165) is 32.3 Å². The average molecular weight is 277 g/mol. The maximum absolute atomic E-state index is 11.2. The van der Waals surface area contributed by atoms with Crippen molar-refractivity contribution in [2.45, 2.75) is 38.4 Å². The molecule has 0 aliphatic carbocycles. The van der Waals surface area contributed by atoms with Gasteiger partial charge < -0.3 is 14.2 Å². The molecule has 0 radical (unpaired) electrons. The SMILES string of the molecule is COC(=O)/C(=C/CCCOC1CCCCO1)CCl. The maximum atomic E-state index is 11.2. The average Bonchev–Trinajstić information content (AvgIpc) is 2.43. The van der Waals surface area contributed by atoms with Crippen LogP contribution in [0.2, 0.25) is 0 Å². The van der Waals surface area contributed by atoms with Crippen molar-refractivity contribution in [3.63, 3.8) is 0 Å². The molecule has 0 bridgehead atoms. The summed E-state index contributed by atoms with van der Waals surface area (Å²) in [7, 11) is 1.35. The van der Waals surface area contributed by atoms with Crippen molar-refractivity contribution >= 4 is 17.6 Å². The predicted octanol–water partition coefficient (Wildman–Crippen LogP) is 2.65. The molecule has 0 amide bonds. The highest BCUT2D eigenvalue weighted by Crippen LogP contribution is 2.14. The highest BCUT2D eigenvalue weighted by atomic mass is 35.5. The van der Waals surface area contributed by atoms with E-state index < -0.39 is 0 Å². The first-order valence-corrected chi connectivity index (χ1v) is 6.88. The van der Waals surface area contributed by atoms with E-state index in [1.54, 1.807) is 0 Å². The van der Waals surface area contributed by atoms with Crippen LogP contribution in [0.3, 0.4) is 0 Å². The number of alkyl halides is 1. The molecule has 1 fully saturated rings. The fraction of sp³-hybridized carbons (Fsp3) is 0.769. The summed E-state index contributed by atoms with van der Waals surface area (Å²) < 4.78 is 15.6. The quantitative estimate of drug-likeness (QED) is 0.310. The van der Waals surface area contributed by atoms with Crippen LogP contribution in [-0.4, -0.2) is 38.5 Å². The molecule has 1 unspecified atom stereocenters. The van der Waals surface area contributed by atoms with E-state index in [9.17, 15) is 4.79 Å². The summed E-state index contributed by atoms with van der Waals surface area (Å²) in [4.78, 5) is 11.2. The van der Waals surface area contributed by atoms with E-state index in [2.05, 4.69) is 4.74 Å². The standard InChI is InChI=1S/C13H21ClO4/c1-16-13(15)11(10-14)6-2-4-8-17-12-7-3-5-9-18-12/h6,12H,2-5,7-10H2,1H3/b11-6+. The zero-order chi connectivity index (χ0) is 13.2. The highest BCUT2D eigenvalue weighted by Gasteiger charge is 2.13. The molecule has 0 N–H and O–H groups in total. The summed E-state index contributed by atoms with van der Waals surface area (Å²) in [5.74, 6) is -0.180. The molecule has 0 aromatic rings. The van der Waals surface area contributed by atoms with Gasteiger partial charge in [0.05, 0.1) is 19.6 Å². The van der Waals surface area contributed by atoms with E-state index in [0.29, 0.717) is 12.2 Å². The Hall–Kier alpha value is -0.580. The van der Waals surface area contributed by atoms with E-state index in [1.807, 2.05) is 6.08 Å². The van der Waals surface area contributed by atoms with E-state index in [4.69, 9.17) is 21.1 Å². The number of esters is 1. The lowest BCUT2D eigenvalue weighted by atomic mass is 10.2. The fourth-order valence-corrected chi connectivity index (χ4v) is 1.96. The van der Waals surface area contributed by atoms with Crippen LogP contribution in [0, 0.1) is 0 Å². The molecule has 4 nitrogen and oxygen atoms in total. The first kappa shape index (κ1) is 15.5. The molecule has 1 heterocycles. The summed E-state index contributed by atoms with van der Waals surface area (Å²) in [6, 6.07) is 0. The van der Waals surface area contributed by atoms with Gasteiger partial charge in [-0.25, -0.2) is 4.79 Å². The van der Waals surface area contributed by atoms with Crippen molar-refractivity contribution in [2.24, 2.45) is 0 Å². The Balaban J connectivity index is 2.12. The van der Waals surface area contributed by atoms with Crippen LogP contribution in [0.1, 0.15) is 32.1 Å². The molecule has 18 heavy (non-hydrogen) atoms. The van der Waals surface area contributed by atoms with Crippen molar-refractivity contribution in [2.75, 3.05) is 26.2 Å². The Morgan fingerprint density at radius 2 is 2.33 bits per heavy atom. The van der Waals surface area contributed by atoms with Gasteiger partial charge in [0.2, 0.25) is 0 Å². The number of hydrogen-bond donors (Lipinski definition) is 0. The molecule has 1 aliphatic rings. The van der Waals surface area contributed by atoms with Gasteiger partial charge in [-0.3, -0.25) is 0 Å². The first-order chi connectivity index (χ1) is 8.77. The third-order valence-electron chi connectivity index (χ3n) is 2.77. The third-order valence-corrected chi connectivity index (χ3v) is 3.06. The molecule has 1 saturated heterocycles. The topological polar surface area (TPSA) is 44.8 Å². The van der Waals surface area contributed by atoms with Gasteiger partial charge in [-0.15, -0.1) is 11.6 Å². The van der Waals surface area contributed by atoms with Crippen molar-refractivity contribution in [1.29, 1.82) is 0 Å². The number of carbonyl (C=O) groups excluding carboxylic acids is 1. The Morgan fingerprint density at radius 1 is 1.50 bits per heavy atom. The first-order valence-electron chi connectivity index (χ1n) is 6.34. The van der Waals surface area contributed by atoms with Crippen molar-refractivity contribution in [1.82, 2.24) is 0 Å². The van der Waals surface area contributed by atoms with Crippen LogP contribution >= 0.6 is 11.6 Å². The molecule has 0 saturated carbocycles. The maximum Gasteiger partial charge on any atom is 0.334 e. The van der Waals surface area contributed by atoms with Gasteiger partial charge in [-0.05, 0) is 32.1 Å². The second kappa shape index (κ2) is 9.36. The zero-order valence-corrected chi connectivity index (χ0v) is 11.6. The Kier molecular flexibility index (Phi) is 8.05.